The molecule has 0 rings (SSSR count). The summed E-state index contributed by atoms with van der Waals surface area (Å²) in [6.07, 6.45) is 3.91. The molecule has 0 amide bonds. The molecule has 1 atom stereocenters. The maximum atomic E-state index is 10.9. The Morgan fingerprint density at radius 2 is 2.24 bits per heavy atom. The highest BCUT2D eigenvalue weighted by Crippen LogP contribution is 2.08. The lowest BCUT2D eigenvalue weighted by Crippen LogP contribution is -2.22. The number of nitriles is 1. The Morgan fingerprint density at radius 3 is 2.71 bits per heavy atom. The third-order valence-corrected chi connectivity index (χ3v) is 2.64. The smallest absolute Gasteiger partial charge is 0.330 e. The second kappa shape index (κ2) is 7.65. The molecule has 0 aromatic carbocycles. The number of hydrogen-bond donors (Lipinski definition) is 1. The van der Waals surface area contributed by atoms with Crippen LogP contribution < -0.4 is 0 Å². The minimum Gasteiger partial charge on any atom is -0.463 e. The molecule has 1 unspecified atom stereocenters. The maximum absolute atomic E-state index is 10.9. The summed E-state index contributed by atoms with van der Waals surface area (Å²) in [7, 11) is -4.44. The SMILES string of the molecule is CC=CC(=O)OCCCC(OC#N)S(=O)(=O)O. The molecule has 17 heavy (non-hydrogen) atoms. The van der Waals surface area contributed by atoms with Crippen LogP contribution in [0.1, 0.15) is 19.8 Å². The highest BCUT2D eigenvalue weighted by atomic mass is 32.2. The van der Waals surface area contributed by atoms with Gasteiger partial charge in [0.15, 0.2) is 0 Å². The summed E-state index contributed by atoms with van der Waals surface area (Å²) in [6.45, 7) is 1.63. The van der Waals surface area contributed by atoms with E-state index < -0.39 is 21.5 Å². The van der Waals surface area contributed by atoms with E-state index in [2.05, 4.69) is 9.47 Å². The number of allylic oxidation sites excluding steroid dienone is 1. The van der Waals surface area contributed by atoms with Crippen molar-refractivity contribution in [1.29, 1.82) is 5.26 Å². The van der Waals surface area contributed by atoms with Gasteiger partial charge in [-0.2, -0.15) is 13.7 Å². The largest absolute Gasteiger partial charge is 0.463 e. The van der Waals surface area contributed by atoms with Crippen LogP contribution in [0.5, 0.6) is 0 Å². The van der Waals surface area contributed by atoms with Crippen LogP contribution in [0.2, 0.25) is 0 Å². The summed E-state index contributed by atoms with van der Waals surface area (Å²) in [6, 6.07) is 0. The first kappa shape index (κ1) is 15.4. The fraction of sp³-hybridized carbons (Fsp3) is 0.556. The van der Waals surface area contributed by atoms with Gasteiger partial charge in [0, 0.05) is 12.5 Å². The van der Waals surface area contributed by atoms with Crippen molar-refractivity contribution in [2.24, 2.45) is 0 Å². The molecule has 8 heteroatoms. The van der Waals surface area contributed by atoms with E-state index in [4.69, 9.17) is 9.81 Å². The van der Waals surface area contributed by atoms with Crippen LogP contribution in [0.3, 0.4) is 0 Å². The molecule has 0 spiro atoms. The van der Waals surface area contributed by atoms with E-state index in [0.29, 0.717) is 0 Å². The van der Waals surface area contributed by atoms with Gasteiger partial charge in [0.25, 0.3) is 6.26 Å². The molecule has 0 aromatic heterocycles. The molecule has 0 aliphatic heterocycles. The van der Waals surface area contributed by atoms with Crippen molar-refractivity contribution in [3.63, 3.8) is 0 Å². The predicted octanol–water partition coefficient (Wildman–Crippen LogP) is 0.597. The molecule has 1 N–H and O–H groups in total. The Balaban J connectivity index is 4.01. The van der Waals surface area contributed by atoms with Crippen molar-refractivity contribution in [3.05, 3.63) is 12.2 Å². The second-order valence-electron chi connectivity index (χ2n) is 2.96. The van der Waals surface area contributed by atoms with Crippen molar-refractivity contribution in [1.82, 2.24) is 0 Å². The van der Waals surface area contributed by atoms with Crippen LogP contribution in [0.25, 0.3) is 0 Å². The Hall–Kier alpha value is -1.59. The average Bonchev–Trinajstić information content (AvgIpc) is 2.21. The van der Waals surface area contributed by atoms with Crippen molar-refractivity contribution in [2.45, 2.75) is 25.2 Å². The minimum atomic E-state index is -4.44. The van der Waals surface area contributed by atoms with Crippen molar-refractivity contribution < 1.29 is 27.2 Å². The van der Waals surface area contributed by atoms with Gasteiger partial charge in [0.05, 0.1) is 6.61 Å². The summed E-state index contributed by atoms with van der Waals surface area (Å²) >= 11 is 0. The summed E-state index contributed by atoms with van der Waals surface area (Å²) in [5, 5.41) is 8.17. The number of rotatable bonds is 7. The second-order valence-corrected chi connectivity index (χ2v) is 4.52. The van der Waals surface area contributed by atoms with E-state index in [1.165, 1.54) is 18.4 Å². The molecule has 0 saturated heterocycles. The zero-order valence-corrected chi connectivity index (χ0v) is 10.0. The first-order chi connectivity index (χ1) is 7.91. The summed E-state index contributed by atoms with van der Waals surface area (Å²) in [5.74, 6) is -0.544. The topological polar surface area (TPSA) is 114 Å². The van der Waals surface area contributed by atoms with Gasteiger partial charge < -0.3 is 9.47 Å². The standard InChI is InChI=1S/C9H13NO6S/c1-2-4-8(11)15-6-3-5-9(16-7-10)17(12,13)14/h2,4,9H,3,5-6H2,1H3,(H,12,13,14). The normalized spacial score (nSPS) is 13.0. The minimum absolute atomic E-state index is 0.0238. The van der Waals surface area contributed by atoms with Gasteiger partial charge in [-0.3, -0.25) is 4.55 Å². The zero-order valence-electron chi connectivity index (χ0n) is 9.20. The van der Waals surface area contributed by atoms with Crippen molar-refractivity contribution in [3.8, 4) is 6.26 Å². The van der Waals surface area contributed by atoms with Gasteiger partial charge >= 0.3 is 16.1 Å². The molecule has 0 aliphatic rings. The summed E-state index contributed by atoms with van der Waals surface area (Å²) in [4.78, 5) is 10.9. The Bertz CT molecular complexity index is 408. The van der Waals surface area contributed by atoms with E-state index in [1.807, 2.05) is 0 Å². The van der Waals surface area contributed by atoms with E-state index >= 15 is 0 Å². The number of nitrogens with zero attached hydrogens (tertiary/aromatic N) is 1. The van der Waals surface area contributed by atoms with Gasteiger partial charge in [-0.05, 0) is 13.3 Å². The number of ether oxygens (including phenoxy) is 2. The molecule has 0 bridgehead atoms. The van der Waals surface area contributed by atoms with E-state index in [0.717, 1.165) is 0 Å². The monoisotopic (exact) mass is 263 g/mol. The average molecular weight is 263 g/mol. The van der Waals surface area contributed by atoms with Gasteiger partial charge in [0.2, 0.25) is 5.44 Å². The molecule has 0 saturated carbocycles. The lowest BCUT2D eigenvalue weighted by atomic mass is 10.3. The van der Waals surface area contributed by atoms with E-state index in [-0.39, 0.29) is 19.4 Å². The number of esters is 1. The molecule has 96 valence electrons. The molecular weight excluding hydrogens is 250 g/mol. The van der Waals surface area contributed by atoms with Gasteiger partial charge in [-0.25, -0.2) is 4.79 Å². The van der Waals surface area contributed by atoms with Gasteiger partial charge in [-0.1, -0.05) is 6.08 Å². The van der Waals surface area contributed by atoms with Gasteiger partial charge in [-0.15, -0.1) is 0 Å². The highest BCUT2D eigenvalue weighted by molar-refractivity contribution is 7.86. The number of carbonyl (C=O) groups excluding carboxylic acids is 1. The molecular formula is C9H13NO6S. The van der Waals surface area contributed by atoms with E-state index in [1.54, 1.807) is 6.92 Å². The Labute approximate surface area is 99.4 Å². The van der Waals surface area contributed by atoms with Crippen LogP contribution in [0, 0.1) is 11.5 Å². The molecule has 7 nitrogen and oxygen atoms in total. The predicted molar refractivity (Wildman–Crippen MR) is 57.0 cm³/mol. The van der Waals surface area contributed by atoms with Crippen LogP contribution in [-0.2, 0) is 24.4 Å². The van der Waals surface area contributed by atoms with Crippen molar-refractivity contribution >= 4 is 16.1 Å². The molecule has 0 aliphatic carbocycles. The van der Waals surface area contributed by atoms with Gasteiger partial charge in [0.1, 0.15) is 0 Å². The first-order valence-corrected chi connectivity index (χ1v) is 6.22. The van der Waals surface area contributed by atoms with Crippen LogP contribution >= 0.6 is 0 Å². The third kappa shape index (κ3) is 7.32. The lowest BCUT2D eigenvalue weighted by molar-refractivity contribution is -0.137. The molecule has 0 fully saturated rings. The number of carbonyl (C=O) groups is 1. The molecule has 0 aromatic rings. The maximum Gasteiger partial charge on any atom is 0.330 e. The molecule has 0 radical (unpaired) electrons. The van der Waals surface area contributed by atoms with E-state index in [9.17, 15) is 13.2 Å². The third-order valence-electron chi connectivity index (χ3n) is 1.65. The quantitative estimate of drug-likeness (QED) is 0.235. The highest BCUT2D eigenvalue weighted by Gasteiger charge is 2.24. The Kier molecular flexibility index (Phi) is 6.93. The summed E-state index contributed by atoms with van der Waals surface area (Å²) in [5.41, 5.74) is -1.62. The fourth-order valence-corrected chi connectivity index (χ4v) is 1.56. The van der Waals surface area contributed by atoms with Crippen LogP contribution in [0.15, 0.2) is 12.2 Å². The Morgan fingerprint density at radius 1 is 1.59 bits per heavy atom. The van der Waals surface area contributed by atoms with Crippen molar-refractivity contribution in [2.75, 3.05) is 6.61 Å². The summed E-state index contributed by atoms with van der Waals surface area (Å²) < 4.78 is 39.0. The first-order valence-electron chi connectivity index (χ1n) is 4.72. The zero-order chi connectivity index (χ0) is 13.3. The van der Waals surface area contributed by atoms with Crippen LogP contribution in [-0.4, -0.2) is 31.0 Å². The fourth-order valence-electron chi connectivity index (χ4n) is 0.934. The molecule has 0 heterocycles. The lowest BCUT2D eigenvalue weighted by Gasteiger charge is -2.09. The number of hydrogen-bond acceptors (Lipinski definition) is 6. The van der Waals surface area contributed by atoms with Crippen LogP contribution in [0.4, 0.5) is 0 Å².